The second kappa shape index (κ2) is 6.59. The minimum absolute atomic E-state index is 0.0161. The molecule has 1 radical (unpaired) electrons. The Hall–Kier alpha value is -1.10. The van der Waals surface area contributed by atoms with Crippen molar-refractivity contribution in [2.24, 2.45) is 11.7 Å². The molecule has 1 aliphatic heterocycles. The maximum Gasteiger partial charge on any atom is 0.226 e. The normalized spacial score (nSPS) is 21.5. The maximum absolute atomic E-state index is 11.9. The highest BCUT2D eigenvalue weighted by Gasteiger charge is 2.28. The van der Waals surface area contributed by atoms with E-state index in [1.807, 2.05) is 4.90 Å². The number of nitrogens with zero attached hydrogens (tertiary/aromatic N) is 1. The van der Waals surface area contributed by atoms with Crippen LogP contribution < -0.4 is 5.73 Å². The van der Waals surface area contributed by atoms with Gasteiger partial charge in [-0.05, 0) is 19.3 Å². The zero-order valence-electron chi connectivity index (χ0n) is 10.5. The molecule has 0 bridgehead atoms. The van der Waals surface area contributed by atoms with Crippen molar-refractivity contribution < 1.29 is 14.3 Å². The third-order valence-electron chi connectivity index (χ3n) is 3.15. The van der Waals surface area contributed by atoms with E-state index in [1.54, 1.807) is 20.5 Å². The molecule has 17 heavy (non-hydrogen) atoms. The number of carbonyl (C=O) groups is 2. The van der Waals surface area contributed by atoms with Crippen LogP contribution in [0.2, 0.25) is 0 Å². The number of hydrogen-bond donors (Lipinski definition) is 1. The molecule has 0 saturated carbocycles. The van der Waals surface area contributed by atoms with E-state index in [2.05, 4.69) is 0 Å². The highest BCUT2D eigenvalue weighted by Crippen LogP contribution is 2.19. The molecule has 2 atom stereocenters. The molecule has 0 spiro atoms. The number of carbonyl (C=O) groups excluding carboxylic acids is 2. The smallest absolute Gasteiger partial charge is 0.226 e. The zero-order valence-corrected chi connectivity index (χ0v) is 10.5. The lowest BCUT2D eigenvalue weighted by Gasteiger charge is -2.24. The Balaban J connectivity index is 2.38. The molecule has 0 aromatic carbocycles. The number of methoxy groups -OCH3 is 1. The Morgan fingerprint density at radius 3 is 2.88 bits per heavy atom. The SMILES string of the molecule is COC[C@@H]1CCCN1C(=O)[CH]C[C@H](C)C(N)=O. The number of ether oxygens (including phenoxy) is 1. The monoisotopic (exact) mass is 241 g/mol. The fourth-order valence-corrected chi connectivity index (χ4v) is 2.00. The lowest BCUT2D eigenvalue weighted by Crippen LogP contribution is -2.38. The Morgan fingerprint density at radius 2 is 2.29 bits per heavy atom. The molecule has 2 N–H and O–H groups in total. The van der Waals surface area contributed by atoms with Crippen LogP contribution in [-0.2, 0) is 14.3 Å². The topological polar surface area (TPSA) is 72.6 Å². The van der Waals surface area contributed by atoms with Crippen LogP contribution in [-0.4, -0.2) is 43.0 Å². The minimum Gasteiger partial charge on any atom is -0.383 e. The van der Waals surface area contributed by atoms with E-state index in [4.69, 9.17) is 10.5 Å². The van der Waals surface area contributed by atoms with Gasteiger partial charge in [0.05, 0.1) is 19.1 Å². The number of rotatable bonds is 6. The molecule has 5 nitrogen and oxygen atoms in total. The molecule has 0 unspecified atom stereocenters. The molecule has 1 heterocycles. The molecular weight excluding hydrogens is 220 g/mol. The fourth-order valence-electron chi connectivity index (χ4n) is 2.00. The second-order valence-corrected chi connectivity index (χ2v) is 4.53. The van der Waals surface area contributed by atoms with Crippen molar-refractivity contribution in [3.63, 3.8) is 0 Å². The highest BCUT2D eigenvalue weighted by molar-refractivity contribution is 5.86. The van der Waals surface area contributed by atoms with E-state index < -0.39 is 0 Å². The van der Waals surface area contributed by atoms with Crippen LogP contribution in [0.25, 0.3) is 0 Å². The zero-order chi connectivity index (χ0) is 12.8. The number of hydrogen-bond acceptors (Lipinski definition) is 3. The molecule has 0 aromatic rings. The van der Waals surface area contributed by atoms with E-state index in [0.29, 0.717) is 13.0 Å². The molecule has 1 fully saturated rings. The quantitative estimate of drug-likeness (QED) is 0.728. The summed E-state index contributed by atoms with van der Waals surface area (Å²) in [5.74, 6) is -0.677. The van der Waals surface area contributed by atoms with Gasteiger partial charge in [-0.3, -0.25) is 9.59 Å². The van der Waals surface area contributed by atoms with E-state index >= 15 is 0 Å². The number of likely N-dealkylation sites (tertiary alicyclic amines) is 1. The third-order valence-corrected chi connectivity index (χ3v) is 3.15. The molecule has 0 aliphatic carbocycles. The van der Waals surface area contributed by atoms with Crippen LogP contribution >= 0.6 is 0 Å². The predicted molar refractivity (Wildman–Crippen MR) is 63.9 cm³/mol. The van der Waals surface area contributed by atoms with Gasteiger partial charge in [-0.1, -0.05) is 6.92 Å². The van der Waals surface area contributed by atoms with Crippen LogP contribution in [0, 0.1) is 12.3 Å². The van der Waals surface area contributed by atoms with Gasteiger partial charge in [0.1, 0.15) is 0 Å². The van der Waals surface area contributed by atoms with Gasteiger partial charge in [0, 0.05) is 19.6 Å². The molecule has 2 amide bonds. The standard InChI is InChI=1S/C12H21N2O3/c1-9(12(13)16)5-6-11(15)14-7-3-4-10(14)8-17-2/h6,9-10H,3-5,7-8H2,1-2H3,(H2,13,16)/t9-,10-/m0/s1. The van der Waals surface area contributed by atoms with Gasteiger partial charge in [0.25, 0.3) is 0 Å². The molecule has 1 saturated heterocycles. The maximum atomic E-state index is 11.9. The van der Waals surface area contributed by atoms with Crippen LogP contribution in [0.3, 0.4) is 0 Å². The van der Waals surface area contributed by atoms with Gasteiger partial charge >= 0.3 is 0 Å². The first-order valence-electron chi connectivity index (χ1n) is 5.98. The molecule has 1 aliphatic rings. The Morgan fingerprint density at radius 1 is 1.59 bits per heavy atom. The lowest BCUT2D eigenvalue weighted by atomic mass is 10.0. The predicted octanol–water partition coefficient (Wildman–Crippen LogP) is 0.340. The molecule has 5 heteroatoms. The molecule has 0 aromatic heterocycles. The Bertz CT molecular complexity index is 281. The largest absolute Gasteiger partial charge is 0.383 e. The summed E-state index contributed by atoms with van der Waals surface area (Å²) in [6, 6.07) is 0.174. The Kier molecular flexibility index (Phi) is 5.41. The summed E-state index contributed by atoms with van der Waals surface area (Å²) in [6.45, 7) is 3.07. The number of amides is 2. The van der Waals surface area contributed by atoms with Crippen LogP contribution in [0.15, 0.2) is 0 Å². The van der Waals surface area contributed by atoms with Gasteiger partial charge in [-0.15, -0.1) is 0 Å². The van der Waals surface area contributed by atoms with Gasteiger partial charge in [-0.2, -0.15) is 0 Å². The summed E-state index contributed by atoms with van der Waals surface area (Å²) in [6.07, 6.45) is 3.96. The summed E-state index contributed by atoms with van der Waals surface area (Å²) in [5, 5.41) is 0. The third kappa shape index (κ3) is 4.00. The molecule has 97 valence electrons. The van der Waals surface area contributed by atoms with Crippen molar-refractivity contribution in [3.05, 3.63) is 6.42 Å². The summed E-state index contributed by atoms with van der Waals surface area (Å²) in [4.78, 5) is 24.6. The van der Waals surface area contributed by atoms with Gasteiger partial charge in [-0.25, -0.2) is 0 Å². The van der Waals surface area contributed by atoms with Crippen molar-refractivity contribution in [1.29, 1.82) is 0 Å². The van der Waals surface area contributed by atoms with Crippen molar-refractivity contribution in [2.75, 3.05) is 20.3 Å². The van der Waals surface area contributed by atoms with Gasteiger partial charge < -0.3 is 15.4 Å². The molecular formula is C12H21N2O3. The van der Waals surface area contributed by atoms with Crippen molar-refractivity contribution in [1.82, 2.24) is 4.90 Å². The first kappa shape index (κ1) is 14.0. The first-order chi connectivity index (χ1) is 8.06. The Labute approximate surface area is 102 Å². The second-order valence-electron chi connectivity index (χ2n) is 4.53. The van der Waals surface area contributed by atoms with Crippen molar-refractivity contribution in [2.45, 2.75) is 32.2 Å². The fraction of sp³-hybridized carbons (Fsp3) is 0.750. The van der Waals surface area contributed by atoms with E-state index in [1.165, 1.54) is 0 Å². The van der Waals surface area contributed by atoms with Crippen LogP contribution in [0.1, 0.15) is 26.2 Å². The average Bonchev–Trinajstić information content (AvgIpc) is 2.74. The van der Waals surface area contributed by atoms with Gasteiger partial charge in [0.2, 0.25) is 11.8 Å². The summed E-state index contributed by atoms with van der Waals surface area (Å²) >= 11 is 0. The highest BCUT2D eigenvalue weighted by atomic mass is 16.5. The summed E-state index contributed by atoms with van der Waals surface area (Å²) < 4.78 is 5.09. The summed E-state index contributed by atoms with van der Waals surface area (Å²) in [5.41, 5.74) is 5.15. The number of primary amides is 1. The van der Waals surface area contributed by atoms with Crippen LogP contribution in [0.5, 0.6) is 0 Å². The van der Waals surface area contributed by atoms with Crippen molar-refractivity contribution in [3.8, 4) is 0 Å². The summed E-state index contributed by atoms with van der Waals surface area (Å²) in [7, 11) is 1.64. The van der Waals surface area contributed by atoms with Crippen LogP contribution in [0.4, 0.5) is 0 Å². The lowest BCUT2D eigenvalue weighted by molar-refractivity contribution is -0.129. The number of nitrogens with two attached hydrogens (primary N) is 1. The average molecular weight is 241 g/mol. The van der Waals surface area contributed by atoms with E-state index in [-0.39, 0.29) is 23.8 Å². The van der Waals surface area contributed by atoms with Crippen molar-refractivity contribution >= 4 is 11.8 Å². The van der Waals surface area contributed by atoms with E-state index in [0.717, 1.165) is 19.4 Å². The first-order valence-corrected chi connectivity index (χ1v) is 5.98. The molecule has 1 rings (SSSR count). The minimum atomic E-state index is -0.371. The van der Waals surface area contributed by atoms with E-state index in [9.17, 15) is 9.59 Å². The van der Waals surface area contributed by atoms with Gasteiger partial charge in [0.15, 0.2) is 0 Å².